The zero-order chi connectivity index (χ0) is 22.3. The summed E-state index contributed by atoms with van der Waals surface area (Å²) < 4.78 is 0. The van der Waals surface area contributed by atoms with Gasteiger partial charge in [0.25, 0.3) is 0 Å². The van der Waals surface area contributed by atoms with E-state index in [1.807, 2.05) is 0 Å². The maximum Gasteiger partial charge on any atom is 4.00 e. The molecule has 0 nitrogen and oxygen atoms in total. The van der Waals surface area contributed by atoms with Gasteiger partial charge in [-0.05, 0) is 24.7 Å². The Morgan fingerprint density at radius 3 is 1.82 bits per heavy atom. The molecule has 0 radical (unpaired) electrons. The maximum atomic E-state index is 2.46. The number of hydrogen-bond acceptors (Lipinski definition) is 0. The molecule has 1 aliphatic carbocycles. The quantitative estimate of drug-likeness (QED) is 0.156. The van der Waals surface area contributed by atoms with Crippen LogP contribution in [0.1, 0.15) is 63.9 Å². The molecule has 0 amide bonds. The van der Waals surface area contributed by atoms with Gasteiger partial charge in [0.05, 0.1) is 0 Å². The zero-order valence-corrected chi connectivity index (χ0v) is 26.4. The van der Waals surface area contributed by atoms with Crippen molar-refractivity contribution in [1.29, 1.82) is 0 Å². The fourth-order valence-electron chi connectivity index (χ4n) is 5.20. The monoisotopic (exact) mass is 618 g/mol. The minimum Gasteiger partial charge on any atom is -0.358 e. The van der Waals surface area contributed by atoms with Crippen molar-refractivity contribution in [2.45, 2.75) is 67.7 Å². The summed E-state index contributed by atoms with van der Waals surface area (Å²) in [6.45, 7) is 15.8. The average Bonchev–Trinajstić information content (AvgIpc) is 3.32. The summed E-state index contributed by atoms with van der Waals surface area (Å²) in [7, 11) is 0. The predicted molar refractivity (Wildman–Crippen MR) is 149 cm³/mol. The van der Waals surface area contributed by atoms with Crippen molar-refractivity contribution in [2.24, 2.45) is 5.41 Å². The first kappa shape index (κ1) is 30.3. The number of fused-ring (bicyclic) bond motifs is 2. The summed E-state index contributed by atoms with van der Waals surface area (Å²) in [5.41, 5.74) is 13.7. The maximum absolute atomic E-state index is 2.46. The fraction of sp³-hybridized carbons (Fsp3) is 0.333. The van der Waals surface area contributed by atoms with E-state index in [0.717, 1.165) is 6.42 Å². The molecule has 0 fully saturated rings. The van der Waals surface area contributed by atoms with E-state index in [1.54, 1.807) is 11.1 Å². The third-order valence-corrected chi connectivity index (χ3v) is 7.57. The smallest absolute Gasteiger partial charge is 0.358 e. The Balaban J connectivity index is 0.000000385. The molecule has 0 heterocycles. The van der Waals surface area contributed by atoms with Crippen molar-refractivity contribution in [3.63, 3.8) is 0 Å². The van der Waals surface area contributed by atoms with E-state index in [0.29, 0.717) is 5.41 Å². The van der Waals surface area contributed by atoms with Crippen LogP contribution in [0, 0.1) is 54.9 Å². The van der Waals surface area contributed by atoms with Gasteiger partial charge in [-0.25, -0.2) is 0 Å². The molecular weight excluding hydrogens is 575 g/mol. The Kier molecular flexibility index (Phi) is 10.5. The van der Waals surface area contributed by atoms with Gasteiger partial charge in [-0.3, -0.25) is 0 Å². The predicted octanol–water partition coefficient (Wildman–Crippen LogP) is 9.12. The number of rotatable bonds is 2. The molecule has 0 unspecified atom stereocenters. The minimum atomic E-state index is 0. The molecule has 178 valence electrons. The molecule has 0 aliphatic heterocycles. The molecule has 1 heteroatoms. The molecule has 5 rings (SSSR count). The number of benzene rings is 2. The van der Waals surface area contributed by atoms with Crippen LogP contribution >= 0.6 is 0 Å². The second-order valence-electron chi connectivity index (χ2n) is 10.4. The van der Waals surface area contributed by atoms with E-state index >= 15 is 0 Å². The Hall–Kier alpha value is -1.73. The van der Waals surface area contributed by atoms with Crippen LogP contribution in [0.3, 0.4) is 0 Å². The van der Waals surface area contributed by atoms with Gasteiger partial charge in [-0.1, -0.05) is 95.5 Å². The molecule has 0 N–H and O–H groups in total. The average molecular weight is 617 g/mol. The molecule has 0 bridgehead atoms. The third kappa shape index (κ3) is 6.09. The topological polar surface area (TPSA) is 0 Å². The first-order valence-corrected chi connectivity index (χ1v) is 11.6. The summed E-state index contributed by atoms with van der Waals surface area (Å²) in [4.78, 5) is 0. The van der Waals surface area contributed by atoms with Gasteiger partial charge in [-0.2, -0.15) is 33.9 Å². The van der Waals surface area contributed by atoms with Crippen LogP contribution in [-0.2, 0) is 45.1 Å². The van der Waals surface area contributed by atoms with Crippen LogP contribution in [-0.4, -0.2) is 0 Å². The largest absolute Gasteiger partial charge is 4.00 e. The molecule has 0 saturated heterocycles. The van der Waals surface area contributed by atoms with Crippen molar-refractivity contribution >= 4 is 10.8 Å². The van der Waals surface area contributed by atoms with Gasteiger partial charge < -0.3 is 14.9 Å². The van der Waals surface area contributed by atoms with E-state index in [2.05, 4.69) is 103 Å². The summed E-state index contributed by atoms with van der Waals surface area (Å²) in [5.74, 6) is 0. The van der Waals surface area contributed by atoms with Crippen LogP contribution in [0.25, 0.3) is 10.8 Å². The van der Waals surface area contributed by atoms with Gasteiger partial charge in [0.2, 0.25) is 0 Å². The molecule has 0 spiro atoms. The van der Waals surface area contributed by atoms with Gasteiger partial charge in [-0.15, -0.1) is 34.5 Å². The molecular formula is C33H42Hf. The van der Waals surface area contributed by atoms with Crippen molar-refractivity contribution < 1.29 is 25.8 Å². The van der Waals surface area contributed by atoms with Crippen LogP contribution < -0.4 is 0 Å². The SMILES string of the molecule is CC1(C)Cc2cc3cc[c-](Cc4ccccc4)c3cc2C1.Cc1c(C)c(C)[c-](C)c1C.[CH3-].[CH3-].[Hf+4]. The Bertz CT molecular complexity index is 1130. The third-order valence-electron chi connectivity index (χ3n) is 7.57. The summed E-state index contributed by atoms with van der Waals surface area (Å²) in [6, 6.07) is 20.2. The van der Waals surface area contributed by atoms with Crippen LogP contribution in [0.4, 0.5) is 0 Å². The van der Waals surface area contributed by atoms with Crippen LogP contribution in [0.15, 0.2) is 54.6 Å². The molecule has 0 atom stereocenters. The molecule has 4 aromatic rings. The minimum absolute atomic E-state index is 0. The summed E-state index contributed by atoms with van der Waals surface area (Å²) in [5, 5.41) is 2.87. The molecule has 1 aliphatic rings. The Morgan fingerprint density at radius 2 is 1.32 bits per heavy atom. The Labute approximate surface area is 228 Å². The Morgan fingerprint density at radius 1 is 0.794 bits per heavy atom. The number of hydrogen-bond donors (Lipinski definition) is 0. The molecule has 4 aromatic carbocycles. The summed E-state index contributed by atoms with van der Waals surface area (Å²) >= 11 is 0. The first-order valence-electron chi connectivity index (χ1n) is 11.6. The van der Waals surface area contributed by atoms with E-state index in [4.69, 9.17) is 0 Å². The van der Waals surface area contributed by atoms with Gasteiger partial charge in [0.15, 0.2) is 0 Å². The molecule has 0 aromatic heterocycles. The van der Waals surface area contributed by atoms with Gasteiger partial charge in [0.1, 0.15) is 0 Å². The zero-order valence-electron chi connectivity index (χ0n) is 22.8. The normalized spacial score (nSPS) is 13.1. The van der Waals surface area contributed by atoms with E-state index in [1.165, 1.54) is 62.6 Å². The molecule has 34 heavy (non-hydrogen) atoms. The van der Waals surface area contributed by atoms with E-state index in [9.17, 15) is 0 Å². The van der Waals surface area contributed by atoms with Crippen molar-refractivity contribution in [2.75, 3.05) is 0 Å². The molecule has 0 saturated carbocycles. The van der Waals surface area contributed by atoms with E-state index < -0.39 is 0 Å². The second kappa shape index (κ2) is 11.8. The van der Waals surface area contributed by atoms with Crippen molar-refractivity contribution in [3.8, 4) is 0 Å². The van der Waals surface area contributed by atoms with Gasteiger partial charge in [0, 0.05) is 0 Å². The van der Waals surface area contributed by atoms with Crippen LogP contribution in [0.5, 0.6) is 0 Å². The van der Waals surface area contributed by atoms with Crippen molar-refractivity contribution in [1.82, 2.24) is 0 Å². The van der Waals surface area contributed by atoms with E-state index in [-0.39, 0.29) is 40.7 Å². The van der Waals surface area contributed by atoms with Crippen molar-refractivity contribution in [3.05, 3.63) is 120 Å². The van der Waals surface area contributed by atoms with Gasteiger partial charge >= 0.3 is 25.8 Å². The first-order chi connectivity index (χ1) is 14.7. The summed E-state index contributed by atoms with van der Waals surface area (Å²) in [6.07, 6.45) is 3.47. The fourth-order valence-corrected chi connectivity index (χ4v) is 5.20. The second-order valence-corrected chi connectivity index (χ2v) is 10.4. The standard InChI is InChI=1S/C21H21.C10H15.2CH3.Hf/c1-21(2)13-18-11-17-9-8-16(20(17)12-19(18)14-21)10-15-6-4-3-5-7-15;1-6-7(2)9(4)10(5)8(6)3;;;/h3-9,11-12H,10,13-14H2,1-2H3;1-5H3;2*1H3;/q4*-1;+4. The van der Waals surface area contributed by atoms with Crippen LogP contribution in [0.2, 0.25) is 0 Å².